The molecule has 16 heavy (non-hydrogen) atoms. The third-order valence-electron chi connectivity index (χ3n) is 1.76. The fourth-order valence-electron chi connectivity index (χ4n) is 1.02. The van der Waals surface area contributed by atoms with Gasteiger partial charge in [0.2, 0.25) is 5.90 Å². The molecule has 0 aliphatic rings. The molecular weight excluding hydrogens is 224 g/mol. The van der Waals surface area contributed by atoms with E-state index >= 15 is 0 Å². The smallest absolute Gasteiger partial charge is 0.237 e. The number of alkyl halides is 1. The summed E-state index contributed by atoms with van der Waals surface area (Å²) >= 11 is 5.54. The van der Waals surface area contributed by atoms with E-state index in [1.54, 1.807) is 6.08 Å². The van der Waals surface area contributed by atoms with Gasteiger partial charge in [0.05, 0.1) is 11.6 Å². The summed E-state index contributed by atoms with van der Waals surface area (Å²) in [5, 5.41) is 0. The van der Waals surface area contributed by atoms with Crippen LogP contribution in [0.15, 0.2) is 53.7 Å². The van der Waals surface area contributed by atoms with Crippen molar-refractivity contribution in [2.45, 2.75) is 0 Å². The number of halogens is 1. The highest BCUT2D eigenvalue weighted by Gasteiger charge is 1.95. The first-order chi connectivity index (χ1) is 7.76. The van der Waals surface area contributed by atoms with Gasteiger partial charge in [-0.2, -0.15) is 5.90 Å². The normalized spacial score (nSPS) is 11.8. The van der Waals surface area contributed by atoms with Crippen LogP contribution in [-0.2, 0) is 4.84 Å². The lowest BCUT2D eigenvalue weighted by Gasteiger charge is -1.98. The number of aliphatic imine (C=N–C) groups is 1. The van der Waals surface area contributed by atoms with Crippen LogP contribution in [-0.4, -0.2) is 11.8 Å². The van der Waals surface area contributed by atoms with Gasteiger partial charge in [-0.15, -0.1) is 11.6 Å². The maximum absolute atomic E-state index is 5.54. The molecule has 2 N–H and O–H groups in total. The molecule has 0 aliphatic heterocycles. The van der Waals surface area contributed by atoms with Crippen LogP contribution in [0.2, 0.25) is 0 Å². The second kappa shape index (κ2) is 6.82. The zero-order valence-corrected chi connectivity index (χ0v) is 9.52. The van der Waals surface area contributed by atoms with E-state index < -0.39 is 0 Å². The SMILES string of the molecule is C=C(CCl)N=C(/C=C/c1ccccc1)ON. The van der Waals surface area contributed by atoms with E-state index in [-0.39, 0.29) is 11.8 Å². The van der Waals surface area contributed by atoms with Crippen LogP contribution in [0.5, 0.6) is 0 Å². The summed E-state index contributed by atoms with van der Waals surface area (Å²) in [6, 6.07) is 9.75. The summed E-state index contributed by atoms with van der Waals surface area (Å²) in [6.45, 7) is 3.63. The van der Waals surface area contributed by atoms with Crippen LogP contribution in [0, 0.1) is 0 Å². The van der Waals surface area contributed by atoms with Crippen molar-refractivity contribution in [1.29, 1.82) is 0 Å². The second-order valence-electron chi connectivity index (χ2n) is 3.01. The number of hydrogen-bond donors (Lipinski definition) is 1. The Morgan fingerprint density at radius 2 is 2.12 bits per heavy atom. The van der Waals surface area contributed by atoms with Gasteiger partial charge in [-0.3, -0.25) is 0 Å². The number of nitrogens with two attached hydrogens (primary N) is 1. The first kappa shape index (κ1) is 12.5. The molecule has 1 rings (SSSR count). The second-order valence-corrected chi connectivity index (χ2v) is 3.28. The molecule has 0 aliphatic carbocycles. The molecule has 4 heteroatoms. The van der Waals surface area contributed by atoms with E-state index in [0.29, 0.717) is 5.70 Å². The van der Waals surface area contributed by atoms with Gasteiger partial charge >= 0.3 is 0 Å². The lowest BCUT2D eigenvalue weighted by atomic mass is 10.2. The maximum Gasteiger partial charge on any atom is 0.237 e. The van der Waals surface area contributed by atoms with Gasteiger partial charge in [-0.25, -0.2) is 4.99 Å². The van der Waals surface area contributed by atoms with Gasteiger partial charge in [0.15, 0.2) is 0 Å². The zero-order valence-electron chi connectivity index (χ0n) is 8.77. The molecule has 1 aromatic rings. The highest BCUT2D eigenvalue weighted by atomic mass is 35.5. The van der Waals surface area contributed by atoms with Crippen molar-refractivity contribution >= 4 is 23.6 Å². The van der Waals surface area contributed by atoms with Crippen LogP contribution in [0.4, 0.5) is 0 Å². The fraction of sp³-hybridized carbons (Fsp3) is 0.0833. The van der Waals surface area contributed by atoms with Crippen molar-refractivity contribution in [3.63, 3.8) is 0 Å². The predicted octanol–water partition coefficient (Wildman–Crippen LogP) is 2.74. The predicted molar refractivity (Wildman–Crippen MR) is 68.0 cm³/mol. The number of nitrogens with zero attached hydrogens (tertiary/aromatic N) is 1. The van der Waals surface area contributed by atoms with Crippen molar-refractivity contribution in [3.05, 3.63) is 54.2 Å². The van der Waals surface area contributed by atoms with Crippen LogP contribution < -0.4 is 5.90 Å². The van der Waals surface area contributed by atoms with Gasteiger partial charge in [0.25, 0.3) is 0 Å². The Morgan fingerprint density at radius 3 is 2.69 bits per heavy atom. The molecular formula is C12H13ClN2O. The standard InChI is InChI=1S/C12H13ClN2O/c1-10(9-13)15-12(16-14)8-7-11-5-3-2-4-6-11/h2-8H,1,9,14H2/b8-7+,15-12?. The topological polar surface area (TPSA) is 47.6 Å². The monoisotopic (exact) mass is 236 g/mol. The summed E-state index contributed by atoms with van der Waals surface area (Å²) in [7, 11) is 0. The van der Waals surface area contributed by atoms with E-state index in [1.807, 2.05) is 36.4 Å². The molecule has 0 aromatic heterocycles. The Bertz CT molecular complexity index is 399. The van der Waals surface area contributed by atoms with Crippen LogP contribution in [0.3, 0.4) is 0 Å². The Balaban J connectivity index is 2.74. The molecule has 0 fully saturated rings. The number of benzene rings is 1. The number of hydrogen-bond acceptors (Lipinski definition) is 3. The Labute approximate surface area is 99.8 Å². The van der Waals surface area contributed by atoms with Crippen LogP contribution in [0.1, 0.15) is 5.56 Å². The summed E-state index contributed by atoms with van der Waals surface area (Å²) in [6.07, 6.45) is 3.50. The van der Waals surface area contributed by atoms with Crippen molar-refractivity contribution < 1.29 is 4.84 Å². The maximum atomic E-state index is 5.54. The van der Waals surface area contributed by atoms with Gasteiger partial charge in [-0.1, -0.05) is 36.9 Å². The van der Waals surface area contributed by atoms with E-state index in [0.717, 1.165) is 5.56 Å². The van der Waals surface area contributed by atoms with Crippen molar-refractivity contribution in [2.24, 2.45) is 10.9 Å². The van der Waals surface area contributed by atoms with Crippen LogP contribution in [0.25, 0.3) is 6.08 Å². The minimum Gasteiger partial charge on any atom is -0.391 e. The molecule has 0 saturated carbocycles. The average Bonchev–Trinajstić information content (AvgIpc) is 2.35. The first-order valence-electron chi connectivity index (χ1n) is 4.68. The molecule has 0 spiro atoms. The number of allylic oxidation sites excluding steroid dienone is 1. The molecule has 0 saturated heterocycles. The molecule has 0 unspecified atom stereocenters. The summed E-state index contributed by atoms with van der Waals surface area (Å²) in [5.41, 5.74) is 1.53. The quantitative estimate of drug-likeness (QED) is 0.378. The Hall–Kier alpha value is -1.58. The lowest BCUT2D eigenvalue weighted by Crippen LogP contribution is -2.07. The molecule has 0 amide bonds. The fourth-order valence-corrected chi connectivity index (χ4v) is 1.08. The summed E-state index contributed by atoms with van der Waals surface area (Å²) < 4.78 is 0. The third kappa shape index (κ3) is 4.29. The van der Waals surface area contributed by atoms with Gasteiger partial charge in [0, 0.05) is 6.08 Å². The summed E-state index contributed by atoms with van der Waals surface area (Å²) in [4.78, 5) is 8.57. The first-order valence-corrected chi connectivity index (χ1v) is 5.22. The van der Waals surface area contributed by atoms with E-state index in [9.17, 15) is 0 Å². The largest absolute Gasteiger partial charge is 0.391 e. The highest BCUT2D eigenvalue weighted by molar-refractivity contribution is 6.19. The average molecular weight is 237 g/mol. The molecule has 1 aromatic carbocycles. The molecule has 0 radical (unpaired) electrons. The van der Waals surface area contributed by atoms with Gasteiger partial charge in [-0.05, 0) is 11.6 Å². The summed E-state index contributed by atoms with van der Waals surface area (Å²) in [5.74, 6) is 5.59. The number of rotatable bonds is 4. The lowest BCUT2D eigenvalue weighted by molar-refractivity contribution is 0.324. The Kier molecular flexibility index (Phi) is 5.32. The van der Waals surface area contributed by atoms with Gasteiger partial charge < -0.3 is 4.84 Å². The minimum atomic E-state index is 0.242. The zero-order chi connectivity index (χ0) is 11.8. The molecule has 84 valence electrons. The van der Waals surface area contributed by atoms with E-state index in [2.05, 4.69) is 16.4 Å². The molecule has 0 atom stereocenters. The molecule has 3 nitrogen and oxygen atoms in total. The minimum absolute atomic E-state index is 0.242. The van der Waals surface area contributed by atoms with Crippen molar-refractivity contribution in [2.75, 3.05) is 5.88 Å². The van der Waals surface area contributed by atoms with Crippen LogP contribution >= 0.6 is 11.6 Å². The van der Waals surface area contributed by atoms with E-state index in [1.165, 1.54) is 0 Å². The van der Waals surface area contributed by atoms with Crippen molar-refractivity contribution in [3.8, 4) is 0 Å². The van der Waals surface area contributed by atoms with Crippen molar-refractivity contribution in [1.82, 2.24) is 0 Å². The Morgan fingerprint density at radius 1 is 1.44 bits per heavy atom. The third-order valence-corrected chi connectivity index (χ3v) is 2.07. The molecule has 0 heterocycles. The van der Waals surface area contributed by atoms with E-state index in [4.69, 9.17) is 17.5 Å². The molecule has 0 bridgehead atoms. The van der Waals surface area contributed by atoms with Gasteiger partial charge in [0.1, 0.15) is 0 Å². The highest BCUT2D eigenvalue weighted by Crippen LogP contribution is 2.03.